The summed E-state index contributed by atoms with van der Waals surface area (Å²) in [5, 5.41) is 0. The third kappa shape index (κ3) is 9.52. The van der Waals surface area contributed by atoms with Crippen molar-refractivity contribution in [3.05, 3.63) is 54.6 Å². The Morgan fingerprint density at radius 3 is 2.12 bits per heavy atom. The van der Waals surface area contributed by atoms with E-state index in [9.17, 15) is 0 Å². The van der Waals surface area contributed by atoms with Crippen LogP contribution in [0.5, 0.6) is 17.2 Å². The highest BCUT2D eigenvalue weighted by Crippen LogP contribution is 2.20. The number of para-hydroxylation sites is 1. The van der Waals surface area contributed by atoms with Gasteiger partial charge in [-0.05, 0) is 75.5 Å². The van der Waals surface area contributed by atoms with Crippen molar-refractivity contribution in [3.63, 3.8) is 0 Å². The van der Waals surface area contributed by atoms with Gasteiger partial charge < -0.3 is 14.2 Å². The smallest absolute Gasteiger partial charge is 0.119 e. The van der Waals surface area contributed by atoms with Crippen molar-refractivity contribution < 1.29 is 14.2 Å². The number of hydrogen-bond acceptors (Lipinski definition) is 4. The highest BCUT2D eigenvalue weighted by Gasteiger charge is 2.22. The number of nitrogens with zero attached hydrogens (tertiary/aromatic N) is 1. The number of hydrogen-bond donors (Lipinski definition) is 0. The van der Waals surface area contributed by atoms with Gasteiger partial charge in [0.05, 0.1) is 13.7 Å². The van der Waals surface area contributed by atoms with Crippen LogP contribution in [0.3, 0.4) is 0 Å². The molecule has 0 saturated carbocycles. The molecule has 0 spiro atoms. The number of benzene rings is 2. The molecular weight excluding hydrogens is 398 g/mol. The zero-order valence-electron chi connectivity index (χ0n) is 20.6. The standard InChI is InChI=1S/C28H43NO3/c1-5-7-8-12-21-29(24(3)23-32-28-19-17-26(30-4)18-20-28)25(6-2)14-13-22-31-27-15-10-9-11-16-27/h9-11,15-20,24-25H,5-8,12-14,21-23H2,1-4H3. The first-order chi connectivity index (χ1) is 15.7. The van der Waals surface area contributed by atoms with E-state index in [-0.39, 0.29) is 0 Å². The molecule has 0 aromatic heterocycles. The molecule has 0 fully saturated rings. The third-order valence-electron chi connectivity index (χ3n) is 6.02. The van der Waals surface area contributed by atoms with Gasteiger partial charge >= 0.3 is 0 Å². The number of unbranched alkanes of at least 4 members (excludes halogenated alkanes) is 3. The SMILES string of the molecule is CCCCCCN(C(C)COc1ccc(OC)cc1)C(CC)CCCOc1ccccc1. The molecule has 0 saturated heterocycles. The van der Waals surface area contributed by atoms with Crippen molar-refractivity contribution in [1.29, 1.82) is 0 Å². The van der Waals surface area contributed by atoms with Crippen LogP contribution < -0.4 is 14.2 Å². The summed E-state index contributed by atoms with van der Waals surface area (Å²) in [6.07, 6.45) is 8.47. The lowest BCUT2D eigenvalue weighted by Gasteiger charge is -2.36. The first kappa shape index (κ1) is 26.1. The van der Waals surface area contributed by atoms with Crippen molar-refractivity contribution in [2.45, 2.75) is 77.8 Å². The Balaban J connectivity index is 1.88. The van der Waals surface area contributed by atoms with E-state index in [0.717, 1.165) is 49.7 Å². The quantitative estimate of drug-likeness (QED) is 0.248. The van der Waals surface area contributed by atoms with Gasteiger partial charge in [-0.1, -0.05) is 51.3 Å². The third-order valence-corrected chi connectivity index (χ3v) is 6.02. The van der Waals surface area contributed by atoms with Gasteiger partial charge in [-0.3, -0.25) is 4.90 Å². The van der Waals surface area contributed by atoms with Gasteiger partial charge in [0.15, 0.2) is 0 Å². The lowest BCUT2D eigenvalue weighted by Crippen LogP contribution is -2.45. The Hall–Kier alpha value is -2.20. The second-order valence-corrected chi connectivity index (χ2v) is 8.50. The molecule has 0 radical (unpaired) electrons. The fraction of sp³-hybridized carbons (Fsp3) is 0.571. The molecule has 32 heavy (non-hydrogen) atoms. The monoisotopic (exact) mass is 441 g/mol. The lowest BCUT2D eigenvalue weighted by molar-refractivity contribution is 0.0881. The minimum absolute atomic E-state index is 0.360. The van der Waals surface area contributed by atoms with Crippen molar-refractivity contribution in [2.24, 2.45) is 0 Å². The second kappa shape index (κ2) is 15.6. The van der Waals surface area contributed by atoms with Crippen molar-refractivity contribution in [3.8, 4) is 17.2 Å². The normalized spacial score (nSPS) is 13.0. The fourth-order valence-electron chi connectivity index (χ4n) is 4.10. The maximum absolute atomic E-state index is 6.13. The molecule has 0 N–H and O–H groups in total. The average Bonchev–Trinajstić information content (AvgIpc) is 2.84. The maximum Gasteiger partial charge on any atom is 0.119 e. The van der Waals surface area contributed by atoms with E-state index in [0.29, 0.717) is 18.7 Å². The minimum Gasteiger partial charge on any atom is -0.497 e. The summed E-state index contributed by atoms with van der Waals surface area (Å²) < 4.78 is 17.3. The van der Waals surface area contributed by atoms with Crippen molar-refractivity contribution in [1.82, 2.24) is 4.90 Å². The Morgan fingerprint density at radius 1 is 0.781 bits per heavy atom. The topological polar surface area (TPSA) is 30.9 Å². The van der Waals surface area contributed by atoms with Crippen LogP contribution in [0.2, 0.25) is 0 Å². The van der Waals surface area contributed by atoms with Crippen LogP contribution in [0.15, 0.2) is 54.6 Å². The van der Waals surface area contributed by atoms with E-state index >= 15 is 0 Å². The predicted octanol–water partition coefficient (Wildman–Crippen LogP) is 6.98. The summed E-state index contributed by atoms with van der Waals surface area (Å²) >= 11 is 0. The molecule has 0 bridgehead atoms. The Labute approximate surface area is 195 Å². The summed E-state index contributed by atoms with van der Waals surface area (Å²) in [6.45, 7) is 9.46. The van der Waals surface area contributed by atoms with Gasteiger partial charge in [0.25, 0.3) is 0 Å². The van der Waals surface area contributed by atoms with Gasteiger partial charge in [0.2, 0.25) is 0 Å². The molecule has 2 rings (SSSR count). The van der Waals surface area contributed by atoms with E-state index in [1.807, 2.05) is 54.6 Å². The number of methoxy groups -OCH3 is 1. The van der Waals surface area contributed by atoms with Crippen LogP contribution in [0.25, 0.3) is 0 Å². The zero-order chi connectivity index (χ0) is 23.0. The largest absolute Gasteiger partial charge is 0.497 e. The first-order valence-corrected chi connectivity index (χ1v) is 12.4. The number of ether oxygens (including phenoxy) is 3. The van der Waals surface area contributed by atoms with Crippen LogP contribution in [0.1, 0.15) is 65.7 Å². The fourth-order valence-corrected chi connectivity index (χ4v) is 4.10. The summed E-state index contributed by atoms with van der Waals surface area (Å²) in [5.74, 6) is 2.71. The van der Waals surface area contributed by atoms with Gasteiger partial charge in [-0.15, -0.1) is 0 Å². The Kier molecular flexibility index (Phi) is 12.7. The zero-order valence-corrected chi connectivity index (χ0v) is 20.6. The van der Waals surface area contributed by atoms with Gasteiger partial charge in [-0.2, -0.15) is 0 Å². The minimum atomic E-state index is 0.360. The average molecular weight is 442 g/mol. The summed E-state index contributed by atoms with van der Waals surface area (Å²) in [6, 6.07) is 18.9. The van der Waals surface area contributed by atoms with E-state index < -0.39 is 0 Å². The van der Waals surface area contributed by atoms with Crippen LogP contribution in [0, 0.1) is 0 Å². The van der Waals surface area contributed by atoms with Crippen molar-refractivity contribution >= 4 is 0 Å². The predicted molar refractivity (Wildman–Crippen MR) is 134 cm³/mol. The molecule has 178 valence electrons. The molecule has 0 aliphatic rings. The van der Waals surface area contributed by atoms with Crippen LogP contribution in [0.4, 0.5) is 0 Å². The van der Waals surface area contributed by atoms with Crippen LogP contribution in [-0.2, 0) is 0 Å². The Morgan fingerprint density at radius 2 is 1.47 bits per heavy atom. The molecule has 0 aliphatic carbocycles. The molecule has 2 aromatic carbocycles. The summed E-state index contributed by atoms with van der Waals surface area (Å²) in [5.41, 5.74) is 0. The van der Waals surface area contributed by atoms with E-state index in [1.54, 1.807) is 7.11 Å². The molecule has 4 heteroatoms. The van der Waals surface area contributed by atoms with Crippen LogP contribution >= 0.6 is 0 Å². The maximum atomic E-state index is 6.13. The highest BCUT2D eigenvalue weighted by molar-refractivity contribution is 5.31. The molecule has 4 nitrogen and oxygen atoms in total. The van der Waals surface area contributed by atoms with Gasteiger partial charge in [-0.25, -0.2) is 0 Å². The van der Waals surface area contributed by atoms with Gasteiger partial charge in [0.1, 0.15) is 23.9 Å². The van der Waals surface area contributed by atoms with E-state index in [4.69, 9.17) is 14.2 Å². The summed E-state index contributed by atoms with van der Waals surface area (Å²) in [7, 11) is 1.68. The molecule has 0 aliphatic heterocycles. The second-order valence-electron chi connectivity index (χ2n) is 8.50. The molecular formula is C28H43NO3. The van der Waals surface area contributed by atoms with E-state index in [2.05, 4.69) is 25.7 Å². The molecule has 2 aromatic rings. The first-order valence-electron chi connectivity index (χ1n) is 12.4. The lowest BCUT2D eigenvalue weighted by atomic mass is 10.0. The highest BCUT2D eigenvalue weighted by atomic mass is 16.5. The van der Waals surface area contributed by atoms with Crippen molar-refractivity contribution in [2.75, 3.05) is 26.9 Å². The molecule has 2 unspecified atom stereocenters. The van der Waals surface area contributed by atoms with E-state index in [1.165, 1.54) is 25.7 Å². The molecule has 0 heterocycles. The molecule has 2 atom stereocenters. The van der Waals surface area contributed by atoms with Gasteiger partial charge in [0, 0.05) is 12.1 Å². The summed E-state index contributed by atoms with van der Waals surface area (Å²) in [4.78, 5) is 2.67. The number of rotatable bonds is 17. The Bertz CT molecular complexity index is 704. The van der Waals surface area contributed by atoms with Crippen LogP contribution in [-0.4, -0.2) is 43.9 Å². The molecule has 0 amide bonds.